The van der Waals surface area contributed by atoms with Crippen molar-refractivity contribution in [2.24, 2.45) is 21.8 Å². The summed E-state index contributed by atoms with van der Waals surface area (Å²) < 4.78 is 0. The number of benzene rings is 1. The Morgan fingerprint density at radius 1 is 1.45 bits per heavy atom. The molecule has 3 rings (SSSR count). The van der Waals surface area contributed by atoms with Gasteiger partial charge in [-0.05, 0) is 36.7 Å². The predicted molar refractivity (Wildman–Crippen MR) is 89.9 cm³/mol. The number of fused-ring (bicyclic) bond motifs is 2. The van der Waals surface area contributed by atoms with Crippen LogP contribution < -0.4 is 5.43 Å². The highest BCUT2D eigenvalue weighted by Gasteiger charge is 2.60. The van der Waals surface area contributed by atoms with E-state index in [4.69, 9.17) is 11.6 Å². The Morgan fingerprint density at radius 3 is 2.82 bits per heavy atom. The van der Waals surface area contributed by atoms with E-state index in [-0.39, 0.29) is 11.3 Å². The van der Waals surface area contributed by atoms with Crippen LogP contribution in [0.1, 0.15) is 38.7 Å². The molecule has 1 aromatic rings. The fraction of sp³-hybridized carbons (Fsp3) is 0.444. The lowest BCUT2D eigenvalue weighted by atomic mass is 9.68. The second-order valence-corrected chi connectivity index (χ2v) is 7.35. The van der Waals surface area contributed by atoms with E-state index in [1.807, 2.05) is 18.2 Å². The van der Waals surface area contributed by atoms with Crippen LogP contribution in [-0.2, 0) is 4.79 Å². The van der Waals surface area contributed by atoms with Gasteiger partial charge in [0.25, 0.3) is 0 Å². The van der Waals surface area contributed by atoms with E-state index in [2.05, 4.69) is 31.0 Å². The third-order valence-corrected chi connectivity index (χ3v) is 5.94. The Labute approximate surface area is 136 Å². The SMILES string of the molecule is C=C1C(C)(C)[C@@H]2CC[C@]1(C(=O)N/N=C/c1ccccc1Cl)C2. The van der Waals surface area contributed by atoms with Crippen molar-refractivity contribution in [3.05, 3.63) is 47.0 Å². The Kier molecular flexibility index (Phi) is 3.64. The van der Waals surface area contributed by atoms with Crippen molar-refractivity contribution in [2.75, 3.05) is 0 Å². The predicted octanol–water partition coefficient (Wildman–Crippen LogP) is 4.17. The third-order valence-electron chi connectivity index (χ3n) is 5.60. The smallest absolute Gasteiger partial charge is 0.250 e. The number of carbonyl (C=O) groups is 1. The molecular weight excluding hydrogens is 296 g/mol. The summed E-state index contributed by atoms with van der Waals surface area (Å²) >= 11 is 6.07. The zero-order chi connectivity index (χ0) is 16.0. The highest BCUT2D eigenvalue weighted by atomic mass is 35.5. The van der Waals surface area contributed by atoms with E-state index in [0.717, 1.165) is 30.4 Å². The molecule has 2 aliphatic carbocycles. The number of amides is 1. The number of halogens is 1. The van der Waals surface area contributed by atoms with Crippen LogP contribution in [0.2, 0.25) is 5.02 Å². The highest BCUT2D eigenvalue weighted by molar-refractivity contribution is 6.33. The molecule has 2 aliphatic rings. The van der Waals surface area contributed by atoms with E-state index in [9.17, 15) is 4.79 Å². The third kappa shape index (κ3) is 2.19. The standard InChI is InChI=1S/C18H21ClN2O/c1-12-17(2,3)14-8-9-18(12,10-14)16(22)21-20-11-13-6-4-5-7-15(13)19/h4-7,11,14H,1,8-10H2,2-3H3,(H,21,22)/b20-11+/t14-,18+/m1/s1. The summed E-state index contributed by atoms with van der Waals surface area (Å²) in [5.74, 6) is 0.521. The summed E-state index contributed by atoms with van der Waals surface area (Å²) in [4.78, 5) is 12.7. The molecule has 0 unspecified atom stereocenters. The van der Waals surface area contributed by atoms with Crippen molar-refractivity contribution >= 4 is 23.7 Å². The van der Waals surface area contributed by atoms with E-state index >= 15 is 0 Å². The van der Waals surface area contributed by atoms with Gasteiger partial charge in [-0.25, -0.2) is 5.43 Å². The van der Waals surface area contributed by atoms with Gasteiger partial charge in [0.2, 0.25) is 5.91 Å². The first kappa shape index (κ1) is 15.3. The summed E-state index contributed by atoms with van der Waals surface area (Å²) in [6.07, 6.45) is 4.46. The molecule has 2 fully saturated rings. The molecule has 0 aromatic heterocycles. The van der Waals surface area contributed by atoms with Crippen molar-refractivity contribution in [1.29, 1.82) is 0 Å². The maximum Gasteiger partial charge on any atom is 0.250 e. The second kappa shape index (κ2) is 5.24. The van der Waals surface area contributed by atoms with Crippen LogP contribution in [-0.4, -0.2) is 12.1 Å². The highest BCUT2D eigenvalue weighted by Crippen LogP contribution is 2.65. The Bertz CT molecular complexity index is 665. The van der Waals surface area contributed by atoms with Crippen LogP contribution in [0.4, 0.5) is 0 Å². The topological polar surface area (TPSA) is 41.5 Å². The maximum atomic E-state index is 12.7. The molecule has 3 nitrogen and oxygen atoms in total. The number of hydrogen-bond acceptors (Lipinski definition) is 2. The zero-order valence-electron chi connectivity index (χ0n) is 13.0. The maximum absolute atomic E-state index is 12.7. The van der Waals surface area contributed by atoms with Gasteiger partial charge in [0.05, 0.1) is 11.6 Å². The molecule has 1 N–H and O–H groups in total. The van der Waals surface area contributed by atoms with Gasteiger partial charge < -0.3 is 0 Å². The van der Waals surface area contributed by atoms with Gasteiger partial charge in [0, 0.05) is 10.6 Å². The Hall–Kier alpha value is -1.61. The van der Waals surface area contributed by atoms with Gasteiger partial charge in [-0.3, -0.25) is 4.79 Å². The van der Waals surface area contributed by atoms with Crippen LogP contribution >= 0.6 is 11.6 Å². The number of hydrazone groups is 1. The monoisotopic (exact) mass is 316 g/mol. The summed E-state index contributed by atoms with van der Waals surface area (Å²) in [6.45, 7) is 8.62. The first-order valence-corrected chi connectivity index (χ1v) is 8.03. The minimum absolute atomic E-state index is 0.0334. The number of hydrogen-bond donors (Lipinski definition) is 1. The molecule has 2 saturated carbocycles. The Morgan fingerprint density at radius 2 is 2.18 bits per heavy atom. The fourth-order valence-electron chi connectivity index (χ4n) is 3.99. The molecule has 116 valence electrons. The van der Waals surface area contributed by atoms with Crippen LogP contribution in [0, 0.1) is 16.7 Å². The van der Waals surface area contributed by atoms with E-state index < -0.39 is 5.41 Å². The summed E-state index contributed by atoms with van der Waals surface area (Å²) in [7, 11) is 0. The van der Waals surface area contributed by atoms with Crippen molar-refractivity contribution in [1.82, 2.24) is 5.43 Å². The van der Waals surface area contributed by atoms with Crippen molar-refractivity contribution in [3.8, 4) is 0 Å². The number of rotatable bonds is 3. The average Bonchev–Trinajstić information content (AvgIpc) is 3.01. The van der Waals surface area contributed by atoms with Crippen LogP contribution in [0.5, 0.6) is 0 Å². The molecule has 4 heteroatoms. The van der Waals surface area contributed by atoms with Gasteiger partial charge in [0.1, 0.15) is 0 Å². The lowest BCUT2D eigenvalue weighted by Crippen LogP contribution is -2.39. The van der Waals surface area contributed by atoms with Crippen molar-refractivity contribution in [3.63, 3.8) is 0 Å². The molecule has 0 heterocycles. The van der Waals surface area contributed by atoms with E-state index in [0.29, 0.717) is 10.9 Å². The van der Waals surface area contributed by atoms with Gasteiger partial charge >= 0.3 is 0 Å². The molecular formula is C18H21ClN2O. The van der Waals surface area contributed by atoms with Gasteiger partial charge in [0.15, 0.2) is 0 Å². The lowest BCUT2D eigenvalue weighted by Gasteiger charge is -2.36. The molecule has 0 saturated heterocycles. The van der Waals surface area contributed by atoms with Crippen molar-refractivity contribution < 1.29 is 4.79 Å². The molecule has 1 aromatic carbocycles. The first-order valence-electron chi connectivity index (χ1n) is 7.66. The molecule has 0 spiro atoms. The summed E-state index contributed by atoms with van der Waals surface area (Å²) in [6, 6.07) is 7.41. The molecule has 0 radical (unpaired) electrons. The quantitative estimate of drug-likeness (QED) is 0.507. The largest absolute Gasteiger partial charge is 0.272 e. The number of carbonyl (C=O) groups excluding carboxylic acids is 1. The summed E-state index contributed by atoms with van der Waals surface area (Å²) in [5, 5.41) is 4.71. The average molecular weight is 317 g/mol. The molecule has 1 amide bonds. The van der Waals surface area contributed by atoms with Crippen LogP contribution in [0.15, 0.2) is 41.5 Å². The van der Waals surface area contributed by atoms with Crippen LogP contribution in [0.3, 0.4) is 0 Å². The Balaban J connectivity index is 1.73. The minimum Gasteiger partial charge on any atom is -0.272 e. The zero-order valence-corrected chi connectivity index (χ0v) is 13.8. The van der Waals surface area contributed by atoms with Crippen LogP contribution in [0.25, 0.3) is 0 Å². The van der Waals surface area contributed by atoms with Gasteiger partial charge in [-0.15, -0.1) is 0 Å². The minimum atomic E-state index is -0.439. The normalized spacial score (nSPS) is 29.2. The summed E-state index contributed by atoms with van der Waals surface area (Å²) in [5.41, 5.74) is 4.15. The molecule has 0 aliphatic heterocycles. The van der Waals surface area contributed by atoms with Gasteiger partial charge in [-0.1, -0.05) is 55.8 Å². The van der Waals surface area contributed by atoms with Gasteiger partial charge in [-0.2, -0.15) is 5.10 Å². The molecule has 2 atom stereocenters. The van der Waals surface area contributed by atoms with E-state index in [1.54, 1.807) is 12.3 Å². The lowest BCUT2D eigenvalue weighted by molar-refractivity contribution is -0.128. The second-order valence-electron chi connectivity index (χ2n) is 6.94. The number of nitrogens with one attached hydrogen (secondary N) is 1. The number of nitrogens with zero attached hydrogens (tertiary/aromatic N) is 1. The fourth-order valence-corrected chi connectivity index (χ4v) is 4.17. The molecule has 2 bridgehead atoms. The first-order chi connectivity index (χ1) is 10.4. The molecule has 22 heavy (non-hydrogen) atoms. The van der Waals surface area contributed by atoms with Crippen molar-refractivity contribution in [2.45, 2.75) is 33.1 Å². The van der Waals surface area contributed by atoms with E-state index in [1.165, 1.54) is 0 Å².